The molecule has 94 valence electrons. The third-order valence-electron chi connectivity index (χ3n) is 2.04. The molecule has 0 fully saturated rings. The highest BCUT2D eigenvalue weighted by molar-refractivity contribution is 5.94. The van der Waals surface area contributed by atoms with Gasteiger partial charge in [-0.25, -0.2) is 4.79 Å². The minimum Gasteiger partial charge on any atom is -0.480 e. The number of nitrogen functional groups attached to an aromatic ring is 1. The third-order valence-corrected chi connectivity index (χ3v) is 2.04. The van der Waals surface area contributed by atoms with Gasteiger partial charge in [0.25, 0.3) is 5.69 Å². The number of carbonyl (C=O) groups is 1. The van der Waals surface area contributed by atoms with Crippen molar-refractivity contribution in [2.24, 2.45) is 0 Å². The smallest absolute Gasteiger partial charge is 0.341 e. The first-order chi connectivity index (χ1) is 8.51. The van der Waals surface area contributed by atoms with Crippen molar-refractivity contribution in [3.05, 3.63) is 27.8 Å². The van der Waals surface area contributed by atoms with Crippen molar-refractivity contribution >= 4 is 17.3 Å². The molecule has 2 N–H and O–H groups in total. The molecule has 0 aliphatic carbocycles. The molecule has 0 heterocycles. The quantitative estimate of drug-likeness (QED) is 0.281. The predicted molar refractivity (Wildman–Crippen MR) is 63.2 cm³/mol. The molecule has 0 saturated carbocycles. The minimum atomic E-state index is -0.773. The summed E-state index contributed by atoms with van der Waals surface area (Å²) in [7, 11) is 1.15. The van der Waals surface area contributed by atoms with Gasteiger partial charge in [0.15, 0.2) is 0 Å². The summed E-state index contributed by atoms with van der Waals surface area (Å²) in [4.78, 5) is 21.5. The van der Waals surface area contributed by atoms with Crippen LogP contribution in [0, 0.1) is 22.5 Å². The Morgan fingerprint density at radius 3 is 2.78 bits per heavy atom. The van der Waals surface area contributed by atoms with Crippen LogP contribution in [0.1, 0.15) is 10.4 Å². The molecule has 0 saturated heterocycles. The highest BCUT2D eigenvalue weighted by Crippen LogP contribution is 2.31. The Morgan fingerprint density at radius 1 is 1.61 bits per heavy atom. The van der Waals surface area contributed by atoms with E-state index < -0.39 is 16.6 Å². The number of ether oxygens (including phenoxy) is 2. The minimum absolute atomic E-state index is 0.0444. The summed E-state index contributed by atoms with van der Waals surface area (Å²) < 4.78 is 9.58. The summed E-state index contributed by atoms with van der Waals surface area (Å²) >= 11 is 0. The maximum atomic E-state index is 11.5. The van der Waals surface area contributed by atoms with E-state index in [-0.39, 0.29) is 23.6 Å². The Hall–Kier alpha value is -2.75. The Bertz CT molecular complexity index is 533. The van der Waals surface area contributed by atoms with E-state index >= 15 is 0 Å². The molecule has 18 heavy (non-hydrogen) atoms. The van der Waals surface area contributed by atoms with Crippen LogP contribution in [-0.4, -0.2) is 24.6 Å². The molecule has 0 amide bonds. The van der Waals surface area contributed by atoms with Gasteiger partial charge in [0.05, 0.1) is 12.0 Å². The molecule has 1 rings (SSSR count). The lowest BCUT2D eigenvalue weighted by Crippen LogP contribution is -2.08. The summed E-state index contributed by atoms with van der Waals surface area (Å²) in [6, 6.07) is 2.16. The van der Waals surface area contributed by atoms with Crippen LogP contribution >= 0.6 is 0 Å². The summed E-state index contributed by atoms with van der Waals surface area (Å²) in [5, 5.41) is 10.7. The zero-order valence-corrected chi connectivity index (χ0v) is 9.50. The van der Waals surface area contributed by atoms with Crippen LogP contribution in [0.2, 0.25) is 0 Å². The van der Waals surface area contributed by atoms with E-state index in [0.717, 1.165) is 13.2 Å². The third kappa shape index (κ3) is 2.68. The van der Waals surface area contributed by atoms with Crippen molar-refractivity contribution in [3.8, 4) is 18.1 Å². The molecule has 0 radical (unpaired) electrons. The van der Waals surface area contributed by atoms with Gasteiger partial charge in [0.1, 0.15) is 23.6 Å². The Morgan fingerprint density at radius 2 is 2.28 bits per heavy atom. The van der Waals surface area contributed by atoms with Crippen molar-refractivity contribution in [1.29, 1.82) is 0 Å². The average molecular weight is 250 g/mol. The summed E-state index contributed by atoms with van der Waals surface area (Å²) in [6.07, 6.45) is 5.02. The Labute approximate surface area is 103 Å². The number of nitro benzene ring substituents is 1. The molecule has 1 aromatic rings. The number of esters is 1. The van der Waals surface area contributed by atoms with Crippen molar-refractivity contribution in [2.75, 3.05) is 19.5 Å². The second kappa shape index (κ2) is 5.54. The molecule has 7 nitrogen and oxygen atoms in total. The lowest BCUT2D eigenvalue weighted by molar-refractivity contribution is -0.383. The number of nitrogens with two attached hydrogens (primary N) is 1. The highest BCUT2D eigenvalue weighted by Gasteiger charge is 2.21. The second-order valence-corrected chi connectivity index (χ2v) is 3.15. The normalized spacial score (nSPS) is 9.33. The van der Waals surface area contributed by atoms with E-state index in [2.05, 4.69) is 10.7 Å². The lowest BCUT2D eigenvalue weighted by atomic mass is 10.1. The largest absolute Gasteiger partial charge is 0.480 e. The topological polar surface area (TPSA) is 105 Å². The van der Waals surface area contributed by atoms with Crippen molar-refractivity contribution in [3.63, 3.8) is 0 Å². The van der Waals surface area contributed by atoms with Gasteiger partial charge >= 0.3 is 5.97 Å². The maximum absolute atomic E-state index is 11.5. The first-order valence-electron chi connectivity index (χ1n) is 4.73. The van der Waals surface area contributed by atoms with E-state index in [1.165, 1.54) is 6.07 Å². The first kappa shape index (κ1) is 13.3. The van der Waals surface area contributed by atoms with Crippen molar-refractivity contribution < 1.29 is 19.2 Å². The van der Waals surface area contributed by atoms with E-state index in [1.54, 1.807) is 0 Å². The first-order valence-corrected chi connectivity index (χ1v) is 4.73. The number of hydrogen-bond acceptors (Lipinski definition) is 6. The molecule has 0 bridgehead atoms. The van der Waals surface area contributed by atoms with Crippen LogP contribution in [-0.2, 0) is 4.74 Å². The van der Waals surface area contributed by atoms with Crippen LogP contribution in [0.25, 0.3) is 0 Å². The van der Waals surface area contributed by atoms with Gasteiger partial charge in [0.2, 0.25) is 0 Å². The molecule has 0 aromatic heterocycles. The Balaban J connectivity index is 3.33. The van der Waals surface area contributed by atoms with Crippen molar-refractivity contribution in [1.82, 2.24) is 0 Å². The number of nitro groups is 1. The molecule has 7 heteroatoms. The molecule has 0 atom stereocenters. The fraction of sp³-hybridized carbons (Fsp3) is 0.182. The number of methoxy groups -OCH3 is 1. The van der Waals surface area contributed by atoms with Crippen LogP contribution in [0.15, 0.2) is 12.1 Å². The molecule has 0 aliphatic rings. The monoisotopic (exact) mass is 250 g/mol. The van der Waals surface area contributed by atoms with Gasteiger partial charge in [-0.15, -0.1) is 6.42 Å². The second-order valence-electron chi connectivity index (χ2n) is 3.15. The maximum Gasteiger partial charge on any atom is 0.341 e. The summed E-state index contributed by atoms with van der Waals surface area (Å²) in [6.45, 7) is -0.0960. The van der Waals surface area contributed by atoms with E-state index in [4.69, 9.17) is 16.9 Å². The zero-order chi connectivity index (χ0) is 13.7. The van der Waals surface area contributed by atoms with Gasteiger partial charge in [-0.05, 0) is 0 Å². The van der Waals surface area contributed by atoms with Gasteiger partial charge in [-0.3, -0.25) is 10.1 Å². The van der Waals surface area contributed by atoms with E-state index in [9.17, 15) is 14.9 Å². The fourth-order valence-electron chi connectivity index (χ4n) is 1.25. The highest BCUT2D eigenvalue weighted by atomic mass is 16.6. The average Bonchev–Trinajstić information content (AvgIpc) is 2.34. The fourth-order valence-corrected chi connectivity index (χ4v) is 1.25. The summed E-state index contributed by atoms with van der Waals surface area (Å²) in [5.74, 6) is 1.48. The summed E-state index contributed by atoms with van der Waals surface area (Å²) in [5.41, 5.74) is 4.85. The molecule has 0 aliphatic heterocycles. The molecule has 0 spiro atoms. The molecule has 0 unspecified atom stereocenters. The number of hydrogen-bond donors (Lipinski definition) is 1. The van der Waals surface area contributed by atoms with Crippen LogP contribution in [0.4, 0.5) is 11.4 Å². The standard InChI is InChI=1S/C11H10N2O5/c1-3-4-18-10-6-8(12)9(13(15)16)5-7(10)11(14)17-2/h1,5-6H,4,12H2,2H3. The number of terminal acetylenes is 1. The number of rotatable bonds is 4. The number of benzene rings is 1. The number of nitrogens with zero attached hydrogens (tertiary/aromatic N) is 1. The molecule has 1 aromatic carbocycles. The van der Waals surface area contributed by atoms with Crippen LogP contribution in [0.5, 0.6) is 5.75 Å². The van der Waals surface area contributed by atoms with Crippen LogP contribution < -0.4 is 10.5 Å². The van der Waals surface area contributed by atoms with E-state index in [0.29, 0.717) is 0 Å². The van der Waals surface area contributed by atoms with E-state index in [1.807, 2.05) is 0 Å². The van der Waals surface area contributed by atoms with Gasteiger partial charge in [-0.1, -0.05) is 5.92 Å². The predicted octanol–water partition coefficient (Wildman–Crippen LogP) is 0.976. The van der Waals surface area contributed by atoms with Gasteiger partial charge in [-0.2, -0.15) is 0 Å². The van der Waals surface area contributed by atoms with Crippen molar-refractivity contribution in [2.45, 2.75) is 0 Å². The SMILES string of the molecule is C#CCOc1cc(N)c([N+](=O)[O-])cc1C(=O)OC. The zero-order valence-electron chi connectivity index (χ0n) is 9.50. The lowest BCUT2D eigenvalue weighted by Gasteiger charge is -2.09. The van der Waals surface area contributed by atoms with Crippen LogP contribution in [0.3, 0.4) is 0 Å². The number of anilines is 1. The number of carbonyl (C=O) groups excluding carboxylic acids is 1. The molecular formula is C11H10N2O5. The molecular weight excluding hydrogens is 240 g/mol. The Kier molecular flexibility index (Phi) is 4.10. The van der Waals surface area contributed by atoms with Gasteiger partial charge in [0, 0.05) is 12.1 Å². The van der Waals surface area contributed by atoms with Gasteiger partial charge < -0.3 is 15.2 Å².